The maximum atomic E-state index is 12.3. The lowest BCUT2D eigenvalue weighted by Gasteiger charge is -2.15. The van der Waals surface area contributed by atoms with Crippen LogP contribution in [0.4, 0.5) is 0 Å². The molecule has 3 atom stereocenters. The van der Waals surface area contributed by atoms with Crippen molar-refractivity contribution in [3.8, 4) is 0 Å². The molecule has 1 unspecified atom stereocenters. The lowest BCUT2D eigenvalue weighted by molar-refractivity contribution is -0.142. The molecule has 0 saturated carbocycles. The van der Waals surface area contributed by atoms with E-state index in [1.165, 1.54) is 57.8 Å². The number of ketones is 2. The fourth-order valence-corrected chi connectivity index (χ4v) is 6.19. The van der Waals surface area contributed by atoms with E-state index in [0.717, 1.165) is 38.5 Å². The van der Waals surface area contributed by atoms with Crippen LogP contribution in [0.1, 0.15) is 155 Å². The first-order valence-electron chi connectivity index (χ1n) is 22.3. The van der Waals surface area contributed by atoms with Gasteiger partial charge >= 0.3 is 11.9 Å². The monoisotopic (exact) mass is 859 g/mol. The van der Waals surface area contributed by atoms with Crippen molar-refractivity contribution in [2.75, 3.05) is 59.4 Å². The van der Waals surface area contributed by atoms with Gasteiger partial charge in [0.25, 0.3) is 0 Å². The van der Waals surface area contributed by atoms with Crippen molar-refractivity contribution in [2.45, 2.75) is 173 Å². The van der Waals surface area contributed by atoms with E-state index in [2.05, 4.69) is 16.0 Å². The van der Waals surface area contributed by atoms with Crippen LogP contribution in [0.15, 0.2) is 0 Å². The lowest BCUT2D eigenvalue weighted by Crippen LogP contribution is -2.46. The van der Waals surface area contributed by atoms with Gasteiger partial charge in [0.1, 0.15) is 25.0 Å². The van der Waals surface area contributed by atoms with Crippen LogP contribution in [0.25, 0.3) is 0 Å². The number of unbranched alkanes of at least 4 members (excludes halogenated alkanes) is 15. The molecule has 0 aromatic rings. The van der Waals surface area contributed by atoms with Gasteiger partial charge in [-0.3, -0.25) is 28.8 Å². The molecule has 0 fully saturated rings. The number of carboxylic acids is 2. The predicted octanol–water partition coefficient (Wildman–Crippen LogP) is 4.40. The van der Waals surface area contributed by atoms with Crippen LogP contribution in [-0.2, 0) is 52.5 Å². The standard InChI is InChI=1S/C43H78N4O13/c1-34(44)42(54)35(2)46-40(51)33-60-31-29-58-27-25-45-39(50)32-59-30-28-57-26-19-20-36(48)23-24-37(43(55)56)47-38(49)21-17-15-13-11-9-7-5-3-4-6-8-10-12-14-16-18-22-41(52)53/h34-35,37H,3-33,44H2,1-2H3,(H,45,50)(H,46,51)(H,47,49)(H,52,53)(H,55,56)/t34?,35-,37-/m0/s1. The second-order valence-electron chi connectivity index (χ2n) is 15.3. The van der Waals surface area contributed by atoms with Gasteiger partial charge in [0, 0.05) is 38.8 Å². The molecule has 60 heavy (non-hydrogen) atoms. The molecule has 17 heteroatoms. The van der Waals surface area contributed by atoms with Crippen LogP contribution in [0.2, 0.25) is 0 Å². The van der Waals surface area contributed by atoms with Crippen molar-refractivity contribution in [1.82, 2.24) is 16.0 Å². The fourth-order valence-electron chi connectivity index (χ4n) is 6.19. The average molecular weight is 859 g/mol. The third-order valence-electron chi connectivity index (χ3n) is 9.67. The van der Waals surface area contributed by atoms with Gasteiger partial charge in [-0.05, 0) is 39.5 Å². The Morgan fingerprint density at radius 3 is 1.47 bits per heavy atom. The molecule has 0 rings (SSSR count). The summed E-state index contributed by atoms with van der Waals surface area (Å²) in [6.07, 6.45) is 19.2. The van der Waals surface area contributed by atoms with Crippen molar-refractivity contribution in [2.24, 2.45) is 5.73 Å². The molecule has 0 aliphatic heterocycles. The molecule has 0 aromatic carbocycles. The van der Waals surface area contributed by atoms with Gasteiger partial charge in [0.2, 0.25) is 17.7 Å². The summed E-state index contributed by atoms with van der Waals surface area (Å²) in [6, 6.07) is -2.46. The number of Topliss-reactive ketones (excluding diaryl/α,β-unsaturated/α-hetero) is 2. The maximum Gasteiger partial charge on any atom is 0.326 e. The second-order valence-corrected chi connectivity index (χ2v) is 15.3. The van der Waals surface area contributed by atoms with Gasteiger partial charge in [-0.15, -0.1) is 0 Å². The number of hydrogen-bond donors (Lipinski definition) is 6. The topological polar surface area (TPSA) is 259 Å². The van der Waals surface area contributed by atoms with E-state index in [0.29, 0.717) is 19.4 Å². The molecule has 0 aliphatic rings. The molecule has 0 aromatic heterocycles. The molecule has 17 nitrogen and oxygen atoms in total. The van der Waals surface area contributed by atoms with Crippen LogP contribution in [0.5, 0.6) is 0 Å². The SMILES string of the molecule is CC(N)C(=O)[C@H](C)NC(=O)COCCOCCNC(=O)COCCOCCCC(=O)CC[C@H](NC(=O)CCCCCCCCCCCCCCCCCCC(=O)O)C(=O)O. The number of nitrogens with two attached hydrogens (primary N) is 1. The Morgan fingerprint density at radius 1 is 0.500 bits per heavy atom. The third-order valence-corrected chi connectivity index (χ3v) is 9.67. The maximum absolute atomic E-state index is 12.3. The van der Waals surface area contributed by atoms with Crippen LogP contribution >= 0.6 is 0 Å². The number of carboxylic acid groups (broad SMARTS) is 2. The van der Waals surface area contributed by atoms with Crippen LogP contribution < -0.4 is 21.7 Å². The summed E-state index contributed by atoms with van der Waals surface area (Å²) in [7, 11) is 0. The fraction of sp³-hybridized carbons (Fsp3) is 0.837. The lowest BCUT2D eigenvalue weighted by atomic mass is 10.0. The molecular formula is C43H78N4O13. The predicted molar refractivity (Wildman–Crippen MR) is 226 cm³/mol. The van der Waals surface area contributed by atoms with Gasteiger partial charge in [-0.2, -0.15) is 0 Å². The normalized spacial score (nSPS) is 12.7. The first kappa shape index (κ1) is 56.5. The Kier molecular flexibility index (Phi) is 37.3. The third kappa shape index (κ3) is 37.5. The molecule has 0 aliphatic carbocycles. The molecule has 0 heterocycles. The summed E-state index contributed by atoms with van der Waals surface area (Å²) in [5.74, 6) is -3.30. The van der Waals surface area contributed by atoms with E-state index < -0.39 is 36.0 Å². The molecule has 0 bridgehead atoms. The quantitative estimate of drug-likeness (QED) is 0.0465. The molecule has 0 spiro atoms. The number of rotatable bonds is 44. The zero-order valence-electron chi connectivity index (χ0n) is 36.6. The van der Waals surface area contributed by atoms with Crippen molar-refractivity contribution in [3.05, 3.63) is 0 Å². The van der Waals surface area contributed by atoms with Crippen LogP contribution in [-0.4, -0.2) is 129 Å². The highest BCUT2D eigenvalue weighted by Crippen LogP contribution is 2.14. The van der Waals surface area contributed by atoms with E-state index in [-0.39, 0.29) is 108 Å². The molecule has 7 N–H and O–H groups in total. The van der Waals surface area contributed by atoms with Crippen LogP contribution in [0, 0.1) is 0 Å². The van der Waals surface area contributed by atoms with E-state index in [4.69, 9.17) is 29.8 Å². The summed E-state index contributed by atoms with van der Waals surface area (Å²) in [5, 5.41) is 25.9. The summed E-state index contributed by atoms with van der Waals surface area (Å²) in [5.41, 5.74) is 5.51. The van der Waals surface area contributed by atoms with Crippen LogP contribution in [0.3, 0.4) is 0 Å². The highest BCUT2D eigenvalue weighted by molar-refractivity contribution is 5.92. The molecule has 0 radical (unpaired) electrons. The Bertz CT molecular complexity index is 1190. The van der Waals surface area contributed by atoms with Gasteiger partial charge in [0.15, 0.2) is 5.78 Å². The Balaban J connectivity index is 3.67. The Labute approximate surface area is 357 Å². The van der Waals surface area contributed by atoms with Crippen molar-refractivity contribution in [1.29, 1.82) is 0 Å². The molecule has 3 amide bonds. The second kappa shape index (κ2) is 39.6. The zero-order chi connectivity index (χ0) is 44.6. The average Bonchev–Trinajstić information content (AvgIpc) is 3.20. The van der Waals surface area contributed by atoms with E-state index in [1.54, 1.807) is 13.8 Å². The Morgan fingerprint density at radius 2 is 0.967 bits per heavy atom. The van der Waals surface area contributed by atoms with Gasteiger partial charge in [-0.1, -0.05) is 89.9 Å². The highest BCUT2D eigenvalue weighted by atomic mass is 16.5. The van der Waals surface area contributed by atoms with Crippen molar-refractivity contribution >= 4 is 41.2 Å². The van der Waals surface area contributed by atoms with Gasteiger partial charge in [-0.25, -0.2) is 4.79 Å². The van der Waals surface area contributed by atoms with E-state index in [1.807, 2.05) is 0 Å². The molecular weight excluding hydrogens is 780 g/mol. The Hall–Kier alpha value is -3.51. The molecule has 348 valence electrons. The molecule has 0 saturated heterocycles. The highest BCUT2D eigenvalue weighted by Gasteiger charge is 2.21. The minimum absolute atomic E-state index is 0.0353. The number of nitrogens with one attached hydrogen (secondary N) is 3. The largest absolute Gasteiger partial charge is 0.481 e. The number of carbonyl (C=O) groups excluding carboxylic acids is 5. The first-order chi connectivity index (χ1) is 28.8. The minimum atomic E-state index is -1.16. The smallest absolute Gasteiger partial charge is 0.326 e. The number of carbonyl (C=O) groups is 7. The number of aliphatic carboxylic acids is 2. The number of ether oxygens (including phenoxy) is 4. The zero-order valence-corrected chi connectivity index (χ0v) is 36.6. The summed E-state index contributed by atoms with van der Waals surface area (Å²) in [6.45, 7) is 4.33. The van der Waals surface area contributed by atoms with E-state index in [9.17, 15) is 38.7 Å². The number of amides is 3. The first-order valence-corrected chi connectivity index (χ1v) is 22.3. The summed E-state index contributed by atoms with van der Waals surface area (Å²) < 4.78 is 21.3. The van der Waals surface area contributed by atoms with Gasteiger partial charge < -0.3 is 50.8 Å². The van der Waals surface area contributed by atoms with Crippen molar-refractivity contribution < 1.29 is 62.7 Å². The van der Waals surface area contributed by atoms with Gasteiger partial charge in [0.05, 0.1) is 45.1 Å². The number of hydrogen-bond acceptors (Lipinski definition) is 12. The van der Waals surface area contributed by atoms with E-state index >= 15 is 0 Å². The summed E-state index contributed by atoms with van der Waals surface area (Å²) >= 11 is 0. The van der Waals surface area contributed by atoms with Crippen molar-refractivity contribution in [3.63, 3.8) is 0 Å². The summed E-state index contributed by atoms with van der Waals surface area (Å²) in [4.78, 5) is 82.2. The minimum Gasteiger partial charge on any atom is -0.481 e.